The van der Waals surface area contributed by atoms with Gasteiger partial charge in [-0.3, -0.25) is 9.69 Å². The Bertz CT molecular complexity index is 1190. The van der Waals surface area contributed by atoms with Crippen LogP contribution in [-0.4, -0.2) is 46.8 Å². The molecule has 1 aliphatic heterocycles. The minimum absolute atomic E-state index is 0.0444. The molecule has 4 rings (SSSR count). The Kier molecular flexibility index (Phi) is 8.48. The number of benzene rings is 2. The number of thioether (sulfide) groups is 1. The standard InChI is InChI=1S/C28H30N2O5S/c1-3-10-20-15-19(16-23(34-2)26(20)35-18-25(31)32)17-24-27(33)30(22-13-8-5-9-14-22)28(36-24)29-21-11-6-4-7-12-21/h3-4,6-7,11-12,15-17,22H,1,5,8-10,13-14,18H2,2H3,(H,31,32)/b24-17-,29-28?. The Morgan fingerprint density at radius 1 is 1.22 bits per heavy atom. The first-order valence-electron chi connectivity index (χ1n) is 12.0. The molecule has 2 fully saturated rings. The average molecular weight is 507 g/mol. The number of carbonyl (C=O) groups excluding carboxylic acids is 1. The van der Waals surface area contributed by atoms with Crippen LogP contribution < -0.4 is 9.47 Å². The first kappa shape index (κ1) is 25.6. The van der Waals surface area contributed by atoms with E-state index in [2.05, 4.69) is 6.58 Å². The van der Waals surface area contributed by atoms with Crippen LogP contribution in [0.1, 0.15) is 43.2 Å². The number of amides is 1. The summed E-state index contributed by atoms with van der Waals surface area (Å²) in [6.45, 7) is 3.31. The highest BCUT2D eigenvalue weighted by Crippen LogP contribution is 2.40. The molecule has 1 aliphatic carbocycles. The number of rotatable bonds is 9. The van der Waals surface area contributed by atoms with Crippen molar-refractivity contribution in [2.75, 3.05) is 13.7 Å². The van der Waals surface area contributed by atoms with Crippen LogP contribution in [0.4, 0.5) is 5.69 Å². The monoisotopic (exact) mass is 506 g/mol. The Morgan fingerprint density at radius 3 is 2.64 bits per heavy atom. The largest absolute Gasteiger partial charge is 0.493 e. The molecule has 1 amide bonds. The molecular formula is C28H30N2O5S. The van der Waals surface area contributed by atoms with E-state index in [4.69, 9.17) is 19.6 Å². The Balaban J connectivity index is 1.71. The van der Waals surface area contributed by atoms with Crippen LogP contribution in [0.3, 0.4) is 0 Å². The molecule has 1 heterocycles. The van der Waals surface area contributed by atoms with Crippen molar-refractivity contribution in [3.05, 3.63) is 71.2 Å². The van der Waals surface area contributed by atoms with Crippen LogP contribution in [0.25, 0.3) is 6.08 Å². The van der Waals surface area contributed by atoms with Gasteiger partial charge in [-0.2, -0.15) is 0 Å². The average Bonchev–Trinajstić information content (AvgIpc) is 3.18. The summed E-state index contributed by atoms with van der Waals surface area (Å²) in [4.78, 5) is 32.0. The van der Waals surface area contributed by atoms with Crippen molar-refractivity contribution in [3.63, 3.8) is 0 Å². The Hall–Kier alpha value is -3.52. The van der Waals surface area contributed by atoms with E-state index in [0.717, 1.165) is 42.5 Å². The van der Waals surface area contributed by atoms with Gasteiger partial charge in [-0.15, -0.1) is 6.58 Å². The molecule has 2 aromatic carbocycles. The number of aliphatic imine (C=N–C) groups is 1. The second kappa shape index (κ2) is 11.9. The third kappa shape index (κ3) is 5.99. The number of carbonyl (C=O) groups is 2. The van der Waals surface area contributed by atoms with Crippen molar-refractivity contribution in [2.24, 2.45) is 4.99 Å². The number of amidine groups is 1. The van der Waals surface area contributed by atoms with E-state index in [1.54, 1.807) is 12.1 Å². The molecule has 1 saturated carbocycles. The van der Waals surface area contributed by atoms with Gasteiger partial charge in [0.25, 0.3) is 5.91 Å². The van der Waals surface area contributed by atoms with Gasteiger partial charge in [0, 0.05) is 11.6 Å². The molecule has 7 nitrogen and oxygen atoms in total. The van der Waals surface area contributed by atoms with Crippen LogP contribution >= 0.6 is 11.8 Å². The molecular weight excluding hydrogens is 476 g/mol. The topological polar surface area (TPSA) is 88.4 Å². The summed E-state index contributed by atoms with van der Waals surface area (Å²) >= 11 is 1.38. The molecule has 0 radical (unpaired) electrons. The van der Waals surface area contributed by atoms with E-state index >= 15 is 0 Å². The maximum Gasteiger partial charge on any atom is 0.341 e. The van der Waals surface area contributed by atoms with Crippen molar-refractivity contribution in [3.8, 4) is 11.5 Å². The summed E-state index contributed by atoms with van der Waals surface area (Å²) in [6, 6.07) is 13.4. The lowest BCUT2D eigenvalue weighted by Gasteiger charge is -2.30. The Morgan fingerprint density at radius 2 is 1.97 bits per heavy atom. The second-order valence-corrected chi connectivity index (χ2v) is 9.70. The number of ether oxygens (including phenoxy) is 2. The van der Waals surface area contributed by atoms with E-state index in [1.807, 2.05) is 47.4 Å². The summed E-state index contributed by atoms with van der Waals surface area (Å²) in [7, 11) is 1.50. The SMILES string of the molecule is C=CCc1cc(/C=C2\SC(=Nc3ccccc3)N(C3CCCCC3)C2=O)cc(OC)c1OCC(=O)O. The molecule has 0 aromatic heterocycles. The summed E-state index contributed by atoms with van der Waals surface area (Å²) in [5.41, 5.74) is 2.30. The number of carboxylic acid groups (broad SMARTS) is 1. The normalized spacial score (nSPS) is 18.6. The number of hydrogen-bond donors (Lipinski definition) is 1. The summed E-state index contributed by atoms with van der Waals surface area (Å²) in [6.07, 6.45) is 9.37. The fourth-order valence-corrected chi connectivity index (χ4v) is 5.57. The molecule has 36 heavy (non-hydrogen) atoms. The van der Waals surface area contributed by atoms with Crippen LogP contribution in [0.5, 0.6) is 11.5 Å². The fraction of sp³-hybridized carbons (Fsp3) is 0.321. The number of methoxy groups -OCH3 is 1. The Labute approximate surface area is 215 Å². The van der Waals surface area contributed by atoms with Gasteiger partial charge < -0.3 is 14.6 Å². The van der Waals surface area contributed by atoms with Crippen molar-refractivity contribution >= 4 is 40.6 Å². The number of hydrogen-bond acceptors (Lipinski definition) is 6. The number of carboxylic acids is 1. The molecule has 0 bridgehead atoms. The lowest BCUT2D eigenvalue weighted by atomic mass is 9.94. The van der Waals surface area contributed by atoms with E-state index in [-0.39, 0.29) is 11.9 Å². The van der Waals surface area contributed by atoms with Gasteiger partial charge in [-0.25, -0.2) is 9.79 Å². The molecule has 0 atom stereocenters. The number of aliphatic carboxylic acids is 1. The first-order valence-corrected chi connectivity index (χ1v) is 12.8. The zero-order valence-electron chi connectivity index (χ0n) is 20.3. The van der Waals surface area contributed by atoms with Crippen molar-refractivity contribution in [1.82, 2.24) is 4.90 Å². The van der Waals surface area contributed by atoms with Gasteiger partial charge in [-0.1, -0.05) is 43.5 Å². The molecule has 0 unspecified atom stereocenters. The smallest absolute Gasteiger partial charge is 0.341 e. The molecule has 188 valence electrons. The highest BCUT2D eigenvalue weighted by Gasteiger charge is 2.38. The van der Waals surface area contributed by atoms with Gasteiger partial charge in [0.2, 0.25) is 0 Å². The zero-order chi connectivity index (χ0) is 25.5. The molecule has 2 aromatic rings. The van der Waals surface area contributed by atoms with Gasteiger partial charge in [0.15, 0.2) is 23.3 Å². The summed E-state index contributed by atoms with van der Waals surface area (Å²) < 4.78 is 11.0. The lowest BCUT2D eigenvalue weighted by Crippen LogP contribution is -2.40. The number of para-hydroxylation sites is 1. The van der Waals surface area contributed by atoms with Crippen LogP contribution in [-0.2, 0) is 16.0 Å². The van der Waals surface area contributed by atoms with Gasteiger partial charge in [0.05, 0.1) is 17.7 Å². The van der Waals surface area contributed by atoms with Crippen molar-refractivity contribution in [1.29, 1.82) is 0 Å². The van der Waals surface area contributed by atoms with Crippen LogP contribution in [0.2, 0.25) is 0 Å². The van der Waals surface area contributed by atoms with Crippen LogP contribution in [0.15, 0.2) is 65.0 Å². The van der Waals surface area contributed by atoms with Crippen molar-refractivity contribution in [2.45, 2.75) is 44.6 Å². The van der Waals surface area contributed by atoms with Crippen molar-refractivity contribution < 1.29 is 24.2 Å². The van der Waals surface area contributed by atoms with E-state index in [0.29, 0.717) is 28.0 Å². The molecule has 2 aliphatic rings. The van der Waals surface area contributed by atoms with E-state index in [9.17, 15) is 9.59 Å². The predicted molar refractivity (Wildman–Crippen MR) is 143 cm³/mol. The number of allylic oxidation sites excluding steroid dienone is 1. The minimum atomic E-state index is -1.08. The van der Waals surface area contributed by atoms with Gasteiger partial charge >= 0.3 is 5.97 Å². The maximum absolute atomic E-state index is 13.6. The molecule has 1 N–H and O–H groups in total. The highest BCUT2D eigenvalue weighted by atomic mass is 32.2. The third-order valence-corrected chi connectivity index (χ3v) is 7.12. The molecule has 0 spiro atoms. The van der Waals surface area contributed by atoms with Gasteiger partial charge in [-0.05, 0) is 66.9 Å². The van der Waals surface area contributed by atoms with E-state index in [1.165, 1.54) is 25.3 Å². The second-order valence-electron chi connectivity index (χ2n) is 8.69. The zero-order valence-corrected chi connectivity index (χ0v) is 21.1. The predicted octanol–water partition coefficient (Wildman–Crippen LogP) is 5.82. The first-order chi connectivity index (χ1) is 17.5. The number of nitrogens with zero attached hydrogens (tertiary/aromatic N) is 2. The molecule has 1 saturated heterocycles. The minimum Gasteiger partial charge on any atom is -0.493 e. The van der Waals surface area contributed by atoms with Gasteiger partial charge in [0.1, 0.15) is 0 Å². The van der Waals surface area contributed by atoms with Crippen LogP contribution in [0, 0.1) is 0 Å². The fourth-order valence-electron chi connectivity index (χ4n) is 4.51. The summed E-state index contributed by atoms with van der Waals surface area (Å²) in [5, 5.41) is 9.74. The lowest BCUT2D eigenvalue weighted by molar-refractivity contribution is -0.139. The summed E-state index contributed by atoms with van der Waals surface area (Å²) in [5.74, 6) is -0.353. The maximum atomic E-state index is 13.6. The highest BCUT2D eigenvalue weighted by molar-refractivity contribution is 8.18. The molecule has 8 heteroatoms. The quantitative estimate of drug-likeness (QED) is 0.340. The van der Waals surface area contributed by atoms with E-state index < -0.39 is 12.6 Å². The third-order valence-electron chi connectivity index (χ3n) is 6.13.